The first-order chi connectivity index (χ1) is 6.97. The van der Waals surface area contributed by atoms with Crippen molar-refractivity contribution in [2.75, 3.05) is 27.7 Å². The van der Waals surface area contributed by atoms with Crippen LogP contribution in [0.25, 0.3) is 0 Å². The van der Waals surface area contributed by atoms with Gasteiger partial charge in [0.2, 0.25) is 0 Å². The fraction of sp³-hybridized carbons (Fsp3) is 0.538. The van der Waals surface area contributed by atoms with E-state index in [4.69, 9.17) is 0 Å². The monoisotopic (exact) mass is 289 g/mol. The van der Waals surface area contributed by atoms with E-state index >= 15 is 0 Å². The van der Waals surface area contributed by atoms with Crippen molar-refractivity contribution in [3.05, 3.63) is 35.6 Å². The van der Waals surface area contributed by atoms with Crippen molar-refractivity contribution in [1.29, 1.82) is 0 Å². The summed E-state index contributed by atoms with van der Waals surface area (Å²) in [5, 5.41) is 0. The van der Waals surface area contributed by atoms with E-state index in [1.807, 2.05) is 12.1 Å². The van der Waals surface area contributed by atoms with Crippen molar-refractivity contribution in [1.82, 2.24) is 0 Å². The summed E-state index contributed by atoms with van der Waals surface area (Å²) in [5.74, 6) is -0.148. The van der Waals surface area contributed by atoms with Crippen LogP contribution >= 0.6 is 0 Å². The summed E-state index contributed by atoms with van der Waals surface area (Å²) in [5.41, 5.74) is 1.23. The van der Waals surface area contributed by atoms with E-state index in [0.29, 0.717) is 0 Å². The maximum absolute atomic E-state index is 12.6. The minimum Gasteiger partial charge on any atom is -1.00 e. The summed E-state index contributed by atoms with van der Waals surface area (Å²) < 4.78 is 13.6. The van der Waals surface area contributed by atoms with Crippen molar-refractivity contribution in [3.8, 4) is 0 Å². The highest BCUT2D eigenvalue weighted by molar-refractivity contribution is 5.15. The van der Waals surface area contributed by atoms with Crippen LogP contribution in [0.3, 0.4) is 0 Å². The minimum absolute atomic E-state index is 0. The molecule has 0 radical (unpaired) electrons. The van der Waals surface area contributed by atoms with Gasteiger partial charge in [-0.3, -0.25) is 0 Å². The van der Waals surface area contributed by atoms with Crippen molar-refractivity contribution >= 4 is 0 Å². The van der Waals surface area contributed by atoms with Gasteiger partial charge in [-0.05, 0) is 37.0 Å². The molecular formula is C13H21BrFN. The molecule has 0 N–H and O–H groups in total. The quantitative estimate of drug-likeness (QED) is 0.523. The Balaban J connectivity index is 0.00000225. The Labute approximate surface area is 109 Å². The molecule has 92 valence electrons. The summed E-state index contributed by atoms with van der Waals surface area (Å²) in [4.78, 5) is 0. The van der Waals surface area contributed by atoms with Crippen LogP contribution in [0.5, 0.6) is 0 Å². The molecule has 16 heavy (non-hydrogen) atoms. The first-order valence-corrected chi connectivity index (χ1v) is 5.52. The number of aryl methyl sites for hydroxylation is 1. The zero-order valence-electron chi connectivity index (χ0n) is 10.3. The predicted molar refractivity (Wildman–Crippen MR) is 62.2 cm³/mol. The average molecular weight is 290 g/mol. The smallest absolute Gasteiger partial charge is 0.123 e. The third-order valence-electron chi connectivity index (χ3n) is 2.46. The lowest BCUT2D eigenvalue weighted by Crippen LogP contribution is -3.00. The van der Waals surface area contributed by atoms with E-state index in [1.54, 1.807) is 0 Å². The van der Waals surface area contributed by atoms with Crippen molar-refractivity contribution in [2.24, 2.45) is 0 Å². The Kier molecular flexibility index (Phi) is 6.84. The maximum Gasteiger partial charge on any atom is 0.123 e. The van der Waals surface area contributed by atoms with Crippen LogP contribution in [0.1, 0.15) is 18.4 Å². The van der Waals surface area contributed by atoms with Gasteiger partial charge < -0.3 is 21.5 Å². The molecule has 0 atom stereocenters. The number of rotatable bonds is 5. The molecule has 0 heterocycles. The fourth-order valence-electron chi connectivity index (χ4n) is 1.57. The molecule has 0 aliphatic heterocycles. The molecular weight excluding hydrogens is 269 g/mol. The van der Waals surface area contributed by atoms with Crippen LogP contribution in [-0.2, 0) is 6.42 Å². The Bertz CT molecular complexity index is 290. The Morgan fingerprint density at radius 2 is 1.56 bits per heavy atom. The van der Waals surface area contributed by atoms with E-state index in [9.17, 15) is 4.39 Å². The van der Waals surface area contributed by atoms with Gasteiger partial charge in [-0.1, -0.05) is 12.1 Å². The summed E-state index contributed by atoms with van der Waals surface area (Å²) in [6.07, 6.45) is 3.46. The van der Waals surface area contributed by atoms with Gasteiger partial charge in [-0.15, -0.1) is 0 Å². The summed E-state index contributed by atoms with van der Waals surface area (Å²) in [7, 11) is 6.62. The standard InChI is InChI=1S/C13H21FN.BrH/c1-15(2,3)11-5-4-6-12-7-9-13(14)10-8-12;/h7-10H,4-6,11H2,1-3H3;1H/q+1;/p-1. The van der Waals surface area contributed by atoms with E-state index in [0.717, 1.165) is 10.9 Å². The molecule has 0 bridgehead atoms. The molecule has 1 rings (SSSR count). The highest BCUT2D eigenvalue weighted by Gasteiger charge is 2.05. The molecule has 0 aromatic heterocycles. The van der Waals surface area contributed by atoms with E-state index in [1.165, 1.54) is 37.1 Å². The van der Waals surface area contributed by atoms with Gasteiger partial charge >= 0.3 is 0 Å². The largest absolute Gasteiger partial charge is 1.00 e. The van der Waals surface area contributed by atoms with E-state index < -0.39 is 0 Å². The fourth-order valence-corrected chi connectivity index (χ4v) is 1.57. The zero-order valence-corrected chi connectivity index (χ0v) is 11.9. The van der Waals surface area contributed by atoms with Gasteiger partial charge in [0.25, 0.3) is 0 Å². The minimum atomic E-state index is -0.148. The molecule has 0 fully saturated rings. The molecule has 0 aliphatic rings. The molecule has 0 saturated heterocycles. The van der Waals surface area contributed by atoms with Gasteiger partial charge in [0.15, 0.2) is 0 Å². The van der Waals surface area contributed by atoms with Crippen molar-refractivity contribution in [2.45, 2.75) is 19.3 Å². The molecule has 0 amide bonds. The van der Waals surface area contributed by atoms with Crippen LogP contribution in [0.15, 0.2) is 24.3 Å². The average Bonchev–Trinajstić information content (AvgIpc) is 2.14. The van der Waals surface area contributed by atoms with Gasteiger partial charge in [-0.25, -0.2) is 4.39 Å². The van der Waals surface area contributed by atoms with Crippen LogP contribution in [0, 0.1) is 5.82 Å². The predicted octanol–water partition coefficient (Wildman–Crippen LogP) is -0.141. The molecule has 0 spiro atoms. The van der Waals surface area contributed by atoms with Crippen LogP contribution in [-0.4, -0.2) is 32.2 Å². The number of nitrogens with zero attached hydrogens (tertiary/aromatic N) is 1. The van der Waals surface area contributed by atoms with Crippen LogP contribution < -0.4 is 17.0 Å². The van der Waals surface area contributed by atoms with Gasteiger partial charge in [0, 0.05) is 0 Å². The Hall–Kier alpha value is -0.410. The second-order valence-electron chi connectivity index (χ2n) is 5.10. The molecule has 0 unspecified atom stereocenters. The van der Waals surface area contributed by atoms with Crippen LogP contribution in [0.2, 0.25) is 0 Å². The third-order valence-corrected chi connectivity index (χ3v) is 2.46. The van der Waals surface area contributed by atoms with Crippen molar-refractivity contribution < 1.29 is 25.9 Å². The number of hydrogen-bond acceptors (Lipinski definition) is 0. The number of benzene rings is 1. The highest BCUT2D eigenvalue weighted by atomic mass is 79.9. The molecule has 3 heteroatoms. The second-order valence-corrected chi connectivity index (χ2v) is 5.10. The summed E-state index contributed by atoms with van der Waals surface area (Å²) >= 11 is 0. The van der Waals surface area contributed by atoms with Gasteiger partial charge in [0.05, 0.1) is 27.7 Å². The second kappa shape index (κ2) is 7.02. The molecule has 1 aromatic carbocycles. The van der Waals surface area contributed by atoms with E-state index in [2.05, 4.69) is 21.1 Å². The van der Waals surface area contributed by atoms with Crippen LogP contribution in [0.4, 0.5) is 4.39 Å². The first kappa shape index (κ1) is 15.6. The SMILES string of the molecule is C[N+](C)(C)CCCCc1ccc(F)cc1.[Br-]. The summed E-state index contributed by atoms with van der Waals surface area (Å²) in [6.45, 7) is 1.20. The van der Waals surface area contributed by atoms with Gasteiger partial charge in [-0.2, -0.15) is 0 Å². The lowest BCUT2D eigenvalue weighted by molar-refractivity contribution is -0.870. The number of unbranched alkanes of at least 4 members (excludes halogenated alkanes) is 1. The first-order valence-electron chi connectivity index (χ1n) is 5.52. The number of hydrogen-bond donors (Lipinski definition) is 0. The normalized spacial score (nSPS) is 11.0. The lowest BCUT2D eigenvalue weighted by Gasteiger charge is -2.23. The molecule has 0 saturated carbocycles. The Morgan fingerprint density at radius 3 is 2.06 bits per heavy atom. The topological polar surface area (TPSA) is 0 Å². The van der Waals surface area contributed by atoms with Gasteiger partial charge in [0.1, 0.15) is 5.82 Å². The zero-order chi connectivity index (χ0) is 11.3. The van der Waals surface area contributed by atoms with E-state index in [-0.39, 0.29) is 22.8 Å². The summed E-state index contributed by atoms with van der Waals surface area (Å²) in [6, 6.07) is 6.83. The number of halogens is 2. The highest BCUT2D eigenvalue weighted by Crippen LogP contribution is 2.07. The van der Waals surface area contributed by atoms with Crippen molar-refractivity contribution in [3.63, 3.8) is 0 Å². The maximum atomic E-state index is 12.6. The molecule has 1 aromatic rings. The Morgan fingerprint density at radius 1 is 1.00 bits per heavy atom. The number of quaternary nitrogens is 1. The third kappa shape index (κ3) is 6.96. The lowest BCUT2D eigenvalue weighted by atomic mass is 10.1. The molecule has 0 aliphatic carbocycles. The molecule has 1 nitrogen and oxygen atoms in total.